The second-order valence-electron chi connectivity index (χ2n) is 6.53. The normalized spacial score (nSPS) is 18.8. The van der Waals surface area contributed by atoms with Gasteiger partial charge in [0.25, 0.3) is 0 Å². The maximum atomic E-state index is 13.9. The van der Waals surface area contributed by atoms with Crippen molar-refractivity contribution >= 4 is 11.8 Å². The third kappa shape index (κ3) is 3.59. The molecule has 1 aromatic carbocycles. The van der Waals surface area contributed by atoms with Crippen LogP contribution in [0, 0.1) is 5.82 Å². The standard InChI is InChI=1S/C20H19FN4O3/c1-25(16-8-10-27-19(16)13-5-4-9-22-12-13)20(26)23-18-11-17(28-24-18)14-6-2-3-7-15(14)21/h2-7,9,11-12,16,19H,8,10H2,1H3,(H,23,24,26)/t16-,19+/m0/s1. The number of ether oxygens (including phenoxy) is 1. The molecular weight excluding hydrogens is 363 g/mol. The van der Waals surface area contributed by atoms with E-state index in [-0.39, 0.29) is 35.3 Å². The van der Waals surface area contributed by atoms with Crippen molar-refractivity contribution in [1.82, 2.24) is 15.0 Å². The van der Waals surface area contributed by atoms with Crippen LogP contribution >= 0.6 is 0 Å². The predicted octanol–water partition coefficient (Wildman–Crippen LogP) is 3.87. The quantitative estimate of drug-likeness (QED) is 0.741. The first-order valence-electron chi connectivity index (χ1n) is 8.90. The summed E-state index contributed by atoms with van der Waals surface area (Å²) in [5.41, 5.74) is 1.21. The molecule has 7 nitrogen and oxygen atoms in total. The molecule has 1 aliphatic heterocycles. The maximum absolute atomic E-state index is 13.9. The number of halogens is 1. The zero-order chi connectivity index (χ0) is 19.5. The Morgan fingerprint density at radius 1 is 1.29 bits per heavy atom. The predicted molar refractivity (Wildman–Crippen MR) is 100 cm³/mol. The zero-order valence-corrected chi connectivity index (χ0v) is 15.2. The van der Waals surface area contributed by atoms with Crippen molar-refractivity contribution in [3.63, 3.8) is 0 Å². The van der Waals surface area contributed by atoms with Gasteiger partial charge in [0.15, 0.2) is 11.6 Å². The second-order valence-corrected chi connectivity index (χ2v) is 6.53. The SMILES string of the molecule is CN(C(=O)Nc1cc(-c2ccccc2F)on1)[C@H]1CCO[C@@H]1c1cccnc1. The number of benzene rings is 1. The van der Waals surface area contributed by atoms with Gasteiger partial charge in [0.05, 0.1) is 11.6 Å². The lowest BCUT2D eigenvalue weighted by Crippen LogP contribution is -2.41. The van der Waals surface area contributed by atoms with Gasteiger partial charge in [-0.2, -0.15) is 0 Å². The lowest BCUT2D eigenvalue weighted by Gasteiger charge is -2.28. The highest BCUT2D eigenvalue weighted by Gasteiger charge is 2.35. The van der Waals surface area contributed by atoms with Gasteiger partial charge in [-0.25, -0.2) is 9.18 Å². The molecule has 2 amide bonds. The summed E-state index contributed by atoms with van der Waals surface area (Å²) in [7, 11) is 1.70. The number of pyridine rings is 1. The van der Waals surface area contributed by atoms with Crippen LogP contribution in [-0.4, -0.2) is 40.8 Å². The van der Waals surface area contributed by atoms with E-state index in [0.717, 1.165) is 5.56 Å². The first kappa shape index (κ1) is 18.1. The van der Waals surface area contributed by atoms with Gasteiger partial charge in [0.1, 0.15) is 11.9 Å². The Labute approximate surface area is 161 Å². The number of hydrogen-bond donors (Lipinski definition) is 1. The number of urea groups is 1. The molecule has 2 atom stereocenters. The summed E-state index contributed by atoms with van der Waals surface area (Å²) in [6.07, 6.45) is 3.91. The Morgan fingerprint density at radius 2 is 2.14 bits per heavy atom. The third-order valence-corrected chi connectivity index (χ3v) is 4.78. The summed E-state index contributed by atoms with van der Waals surface area (Å²) >= 11 is 0. The van der Waals surface area contributed by atoms with Gasteiger partial charge in [-0.1, -0.05) is 23.4 Å². The van der Waals surface area contributed by atoms with Crippen molar-refractivity contribution in [1.29, 1.82) is 0 Å². The van der Waals surface area contributed by atoms with Crippen LogP contribution in [0.25, 0.3) is 11.3 Å². The van der Waals surface area contributed by atoms with Gasteiger partial charge in [0.2, 0.25) is 0 Å². The Balaban J connectivity index is 1.46. The van der Waals surface area contributed by atoms with E-state index in [2.05, 4.69) is 15.5 Å². The molecular formula is C20H19FN4O3. The Hall–Kier alpha value is -3.26. The van der Waals surface area contributed by atoms with Gasteiger partial charge < -0.3 is 14.2 Å². The van der Waals surface area contributed by atoms with Crippen molar-refractivity contribution in [2.75, 3.05) is 19.0 Å². The molecule has 0 radical (unpaired) electrons. The van der Waals surface area contributed by atoms with Crippen molar-refractivity contribution < 1.29 is 18.4 Å². The fourth-order valence-corrected chi connectivity index (χ4v) is 3.31. The Kier molecular flexibility index (Phi) is 5.03. The number of carbonyl (C=O) groups is 1. The molecule has 1 N–H and O–H groups in total. The average Bonchev–Trinajstić information content (AvgIpc) is 3.38. The number of rotatable bonds is 4. The molecule has 0 unspecified atom stereocenters. The first-order valence-corrected chi connectivity index (χ1v) is 8.90. The smallest absolute Gasteiger partial charge is 0.323 e. The van der Waals surface area contributed by atoms with E-state index >= 15 is 0 Å². The summed E-state index contributed by atoms with van der Waals surface area (Å²) in [4.78, 5) is 18.4. The molecule has 0 spiro atoms. The molecule has 0 aliphatic carbocycles. The van der Waals surface area contributed by atoms with Crippen LogP contribution in [0.15, 0.2) is 59.4 Å². The number of nitrogens with one attached hydrogen (secondary N) is 1. The minimum Gasteiger partial charge on any atom is -0.371 e. The average molecular weight is 382 g/mol. The maximum Gasteiger partial charge on any atom is 0.323 e. The molecule has 0 saturated carbocycles. The van der Waals surface area contributed by atoms with Crippen LogP contribution in [0.3, 0.4) is 0 Å². The molecule has 28 heavy (non-hydrogen) atoms. The summed E-state index contributed by atoms with van der Waals surface area (Å²) in [5, 5.41) is 6.51. The van der Waals surface area contributed by atoms with Crippen LogP contribution in [0.1, 0.15) is 18.1 Å². The van der Waals surface area contributed by atoms with Crippen LogP contribution in [0.5, 0.6) is 0 Å². The number of nitrogens with zero attached hydrogens (tertiary/aromatic N) is 3. The van der Waals surface area contributed by atoms with Gasteiger partial charge in [-0.3, -0.25) is 10.3 Å². The number of anilines is 1. The fraction of sp³-hybridized carbons (Fsp3) is 0.250. The number of carbonyl (C=O) groups excluding carboxylic acids is 1. The highest BCUT2D eigenvalue weighted by atomic mass is 19.1. The lowest BCUT2D eigenvalue weighted by molar-refractivity contribution is 0.0787. The van der Waals surface area contributed by atoms with E-state index in [4.69, 9.17) is 9.26 Å². The van der Waals surface area contributed by atoms with Gasteiger partial charge in [-0.15, -0.1) is 0 Å². The summed E-state index contributed by atoms with van der Waals surface area (Å²) in [6, 6.07) is 11.0. The van der Waals surface area contributed by atoms with Crippen molar-refractivity contribution in [3.8, 4) is 11.3 Å². The van der Waals surface area contributed by atoms with Crippen LogP contribution in [0.2, 0.25) is 0 Å². The van der Waals surface area contributed by atoms with E-state index in [1.165, 1.54) is 12.1 Å². The molecule has 3 aromatic rings. The van der Waals surface area contributed by atoms with Crippen molar-refractivity contribution in [3.05, 3.63) is 66.2 Å². The summed E-state index contributed by atoms with van der Waals surface area (Å²) in [5.74, 6) is 0.0384. The van der Waals surface area contributed by atoms with E-state index < -0.39 is 5.82 Å². The molecule has 1 fully saturated rings. The topological polar surface area (TPSA) is 80.5 Å². The van der Waals surface area contributed by atoms with Crippen molar-refractivity contribution in [2.24, 2.45) is 0 Å². The van der Waals surface area contributed by atoms with E-state index in [1.54, 1.807) is 42.5 Å². The molecule has 4 rings (SSSR count). The Morgan fingerprint density at radius 3 is 2.93 bits per heavy atom. The van der Waals surface area contributed by atoms with Crippen molar-refractivity contribution in [2.45, 2.75) is 18.6 Å². The first-order chi connectivity index (χ1) is 13.6. The number of hydrogen-bond acceptors (Lipinski definition) is 5. The minimum absolute atomic E-state index is 0.137. The minimum atomic E-state index is -0.420. The molecule has 2 aromatic heterocycles. The largest absolute Gasteiger partial charge is 0.371 e. The van der Waals surface area contributed by atoms with Crippen LogP contribution in [-0.2, 0) is 4.74 Å². The van der Waals surface area contributed by atoms with E-state index in [1.807, 2.05) is 12.1 Å². The van der Waals surface area contributed by atoms with Gasteiger partial charge >= 0.3 is 6.03 Å². The Bertz CT molecular complexity index is 963. The van der Waals surface area contributed by atoms with E-state index in [0.29, 0.717) is 13.0 Å². The fourth-order valence-electron chi connectivity index (χ4n) is 3.31. The highest BCUT2D eigenvalue weighted by Crippen LogP contribution is 2.32. The molecule has 1 aliphatic rings. The van der Waals surface area contributed by atoms with Crippen LogP contribution in [0.4, 0.5) is 15.0 Å². The zero-order valence-electron chi connectivity index (χ0n) is 15.2. The van der Waals surface area contributed by atoms with Gasteiger partial charge in [-0.05, 0) is 24.6 Å². The molecule has 0 bridgehead atoms. The summed E-state index contributed by atoms with van der Waals surface area (Å²) < 4.78 is 24.9. The molecule has 144 valence electrons. The van der Waals surface area contributed by atoms with Crippen LogP contribution < -0.4 is 5.32 Å². The summed E-state index contributed by atoms with van der Waals surface area (Å²) in [6.45, 7) is 0.559. The molecule has 1 saturated heterocycles. The highest BCUT2D eigenvalue weighted by molar-refractivity contribution is 5.89. The molecule has 8 heteroatoms. The molecule has 3 heterocycles. The van der Waals surface area contributed by atoms with E-state index in [9.17, 15) is 9.18 Å². The van der Waals surface area contributed by atoms with Gasteiger partial charge in [0, 0.05) is 37.7 Å². The number of likely N-dealkylation sites (N-methyl/N-ethyl adjacent to an activating group) is 1. The monoisotopic (exact) mass is 382 g/mol. The third-order valence-electron chi connectivity index (χ3n) is 4.78. The number of aromatic nitrogens is 2. The number of amides is 2. The second kappa shape index (κ2) is 7.77. The lowest BCUT2D eigenvalue weighted by atomic mass is 10.0.